The number of pyridine rings is 1. The Balaban J connectivity index is 2.26. The van der Waals surface area contributed by atoms with Crippen molar-refractivity contribution in [2.75, 3.05) is 18.0 Å². The maximum atomic E-state index is 12.4. The lowest BCUT2D eigenvalue weighted by Gasteiger charge is -2.19. The second kappa shape index (κ2) is 4.45. The third-order valence-corrected chi connectivity index (χ3v) is 3.20. The van der Waals surface area contributed by atoms with E-state index < -0.39 is 17.8 Å². The van der Waals surface area contributed by atoms with Crippen LogP contribution in [0.5, 0.6) is 0 Å². The molecule has 1 N–H and O–H groups in total. The summed E-state index contributed by atoms with van der Waals surface area (Å²) in [6.07, 6.45) is -3.41. The number of β-amino-alcohol motifs (C(OH)–C–C–N with tert-alkyl or cyclic N) is 1. The van der Waals surface area contributed by atoms with Gasteiger partial charge < -0.3 is 10.0 Å². The Kier molecular flexibility index (Phi) is 3.31. The lowest BCUT2D eigenvalue weighted by atomic mass is 10.2. The molecular formula is C10H10BrF3N2O. The van der Waals surface area contributed by atoms with Crippen molar-refractivity contribution in [2.24, 2.45) is 0 Å². The minimum Gasteiger partial charge on any atom is -0.391 e. The fourth-order valence-electron chi connectivity index (χ4n) is 1.75. The van der Waals surface area contributed by atoms with Crippen molar-refractivity contribution in [3.63, 3.8) is 0 Å². The number of aliphatic hydroxyl groups excluding tert-OH is 1. The lowest BCUT2D eigenvalue weighted by molar-refractivity contribution is -0.137. The fourth-order valence-corrected chi connectivity index (χ4v) is 2.35. The molecule has 0 saturated carbocycles. The Morgan fingerprint density at radius 1 is 1.47 bits per heavy atom. The quantitative estimate of drug-likeness (QED) is 0.865. The van der Waals surface area contributed by atoms with Crippen LogP contribution in [0.1, 0.15) is 12.0 Å². The predicted octanol–water partition coefficient (Wildman–Crippen LogP) is 2.43. The molecule has 1 aromatic heterocycles. The molecule has 0 amide bonds. The van der Waals surface area contributed by atoms with Crippen molar-refractivity contribution in [1.82, 2.24) is 4.98 Å². The summed E-state index contributed by atoms with van der Waals surface area (Å²) in [4.78, 5) is 5.57. The van der Waals surface area contributed by atoms with Crippen LogP contribution in [0.4, 0.5) is 19.0 Å². The number of aliphatic hydroxyl groups is 1. The summed E-state index contributed by atoms with van der Waals surface area (Å²) in [5.74, 6) is 0.439. The molecule has 7 heteroatoms. The van der Waals surface area contributed by atoms with Crippen molar-refractivity contribution >= 4 is 21.7 Å². The minimum atomic E-state index is -4.39. The van der Waals surface area contributed by atoms with E-state index in [0.717, 1.165) is 12.3 Å². The SMILES string of the molecule is O[C@H]1CCN(c2ncc(C(F)(F)F)cc2Br)C1. The summed E-state index contributed by atoms with van der Waals surface area (Å²) in [5.41, 5.74) is -0.784. The van der Waals surface area contributed by atoms with Crippen molar-refractivity contribution in [3.8, 4) is 0 Å². The highest BCUT2D eigenvalue weighted by atomic mass is 79.9. The van der Waals surface area contributed by atoms with Crippen LogP contribution in [-0.2, 0) is 6.18 Å². The highest BCUT2D eigenvalue weighted by molar-refractivity contribution is 9.10. The number of anilines is 1. The van der Waals surface area contributed by atoms with E-state index in [9.17, 15) is 18.3 Å². The van der Waals surface area contributed by atoms with E-state index in [0.29, 0.717) is 29.8 Å². The normalized spacial score (nSPS) is 21.0. The van der Waals surface area contributed by atoms with Crippen LogP contribution in [-0.4, -0.2) is 29.3 Å². The Bertz CT molecular complexity index is 425. The third-order valence-electron chi connectivity index (χ3n) is 2.61. The van der Waals surface area contributed by atoms with Crippen LogP contribution in [0.2, 0.25) is 0 Å². The van der Waals surface area contributed by atoms with Gasteiger partial charge in [-0.25, -0.2) is 4.98 Å². The highest BCUT2D eigenvalue weighted by Gasteiger charge is 2.32. The van der Waals surface area contributed by atoms with E-state index in [1.54, 1.807) is 4.90 Å². The first kappa shape index (κ1) is 12.6. The van der Waals surface area contributed by atoms with E-state index in [1.165, 1.54) is 0 Å². The summed E-state index contributed by atoms with van der Waals surface area (Å²) in [7, 11) is 0. The Morgan fingerprint density at radius 2 is 2.18 bits per heavy atom. The molecule has 1 atom stereocenters. The predicted molar refractivity (Wildman–Crippen MR) is 59.8 cm³/mol. The van der Waals surface area contributed by atoms with Crippen LogP contribution in [0.3, 0.4) is 0 Å². The molecule has 17 heavy (non-hydrogen) atoms. The molecule has 1 aliphatic heterocycles. The number of hydrogen-bond acceptors (Lipinski definition) is 3. The number of nitrogens with zero attached hydrogens (tertiary/aromatic N) is 2. The average molecular weight is 311 g/mol. The van der Waals surface area contributed by atoms with Gasteiger partial charge >= 0.3 is 6.18 Å². The minimum absolute atomic E-state index is 0.293. The highest BCUT2D eigenvalue weighted by Crippen LogP contribution is 2.34. The number of hydrogen-bond donors (Lipinski definition) is 1. The van der Waals surface area contributed by atoms with Gasteiger partial charge in [-0.15, -0.1) is 0 Å². The van der Waals surface area contributed by atoms with Crippen molar-refractivity contribution in [3.05, 3.63) is 22.3 Å². The van der Waals surface area contributed by atoms with E-state index >= 15 is 0 Å². The zero-order valence-corrected chi connectivity index (χ0v) is 10.3. The molecule has 1 fully saturated rings. The van der Waals surface area contributed by atoms with Crippen molar-refractivity contribution in [2.45, 2.75) is 18.7 Å². The van der Waals surface area contributed by atoms with Gasteiger partial charge in [0.1, 0.15) is 5.82 Å². The van der Waals surface area contributed by atoms with Gasteiger partial charge in [0.25, 0.3) is 0 Å². The summed E-state index contributed by atoms with van der Waals surface area (Å²) in [5, 5.41) is 9.37. The van der Waals surface area contributed by atoms with Crippen LogP contribution >= 0.6 is 15.9 Å². The molecule has 0 bridgehead atoms. The zero-order valence-electron chi connectivity index (χ0n) is 8.71. The Hall–Kier alpha value is -0.820. The molecule has 0 spiro atoms. The lowest BCUT2D eigenvalue weighted by Crippen LogP contribution is -2.23. The average Bonchev–Trinajstić information content (AvgIpc) is 2.63. The Morgan fingerprint density at radius 3 is 2.65 bits per heavy atom. The zero-order chi connectivity index (χ0) is 12.6. The summed E-state index contributed by atoms with van der Waals surface area (Å²) in [6.45, 7) is 0.995. The molecule has 0 aliphatic carbocycles. The maximum Gasteiger partial charge on any atom is 0.417 e. The molecule has 0 radical (unpaired) electrons. The van der Waals surface area contributed by atoms with E-state index in [2.05, 4.69) is 20.9 Å². The van der Waals surface area contributed by atoms with Gasteiger partial charge in [0.15, 0.2) is 0 Å². The smallest absolute Gasteiger partial charge is 0.391 e. The molecule has 1 aromatic rings. The third kappa shape index (κ3) is 2.71. The van der Waals surface area contributed by atoms with E-state index in [4.69, 9.17) is 0 Å². The standard InChI is InChI=1S/C10H10BrF3N2O/c11-8-3-6(10(12,13)14)4-15-9(8)16-2-1-7(17)5-16/h3-4,7,17H,1-2,5H2/t7-/m0/s1. The van der Waals surface area contributed by atoms with Crippen molar-refractivity contribution < 1.29 is 18.3 Å². The Labute approximate surface area is 104 Å². The number of alkyl halides is 3. The number of aromatic nitrogens is 1. The topological polar surface area (TPSA) is 36.4 Å². The van der Waals surface area contributed by atoms with Gasteiger partial charge in [-0.05, 0) is 28.4 Å². The maximum absolute atomic E-state index is 12.4. The summed E-state index contributed by atoms with van der Waals surface area (Å²) >= 11 is 3.08. The van der Waals surface area contributed by atoms with Gasteiger partial charge in [-0.1, -0.05) is 0 Å². The van der Waals surface area contributed by atoms with Crippen LogP contribution in [0, 0.1) is 0 Å². The summed E-state index contributed by atoms with van der Waals surface area (Å²) < 4.78 is 37.6. The van der Waals surface area contributed by atoms with E-state index in [-0.39, 0.29) is 0 Å². The summed E-state index contributed by atoms with van der Waals surface area (Å²) in [6, 6.07) is 1.01. The molecule has 0 aromatic carbocycles. The first-order chi connectivity index (χ1) is 7.88. The molecule has 3 nitrogen and oxygen atoms in total. The van der Waals surface area contributed by atoms with Gasteiger partial charge in [-0.2, -0.15) is 13.2 Å². The van der Waals surface area contributed by atoms with Crippen LogP contribution in [0.15, 0.2) is 16.7 Å². The molecule has 2 rings (SSSR count). The van der Waals surface area contributed by atoms with E-state index in [1.807, 2.05) is 0 Å². The molecule has 0 unspecified atom stereocenters. The second-order valence-corrected chi connectivity index (χ2v) is 4.77. The molecular weight excluding hydrogens is 301 g/mol. The first-order valence-corrected chi connectivity index (χ1v) is 5.83. The number of rotatable bonds is 1. The number of halogens is 4. The fraction of sp³-hybridized carbons (Fsp3) is 0.500. The molecule has 94 valence electrons. The first-order valence-electron chi connectivity index (χ1n) is 5.03. The monoisotopic (exact) mass is 310 g/mol. The second-order valence-electron chi connectivity index (χ2n) is 3.92. The van der Waals surface area contributed by atoms with Gasteiger partial charge in [-0.3, -0.25) is 0 Å². The van der Waals surface area contributed by atoms with Crippen LogP contribution in [0.25, 0.3) is 0 Å². The van der Waals surface area contributed by atoms with Gasteiger partial charge in [0.05, 0.1) is 16.1 Å². The molecule has 1 aliphatic rings. The molecule has 2 heterocycles. The van der Waals surface area contributed by atoms with Crippen molar-refractivity contribution in [1.29, 1.82) is 0 Å². The van der Waals surface area contributed by atoms with Gasteiger partial charge in [0, 0.05) is 19.3 Å². The van der Waals surface area contributed by atoms with Gasteiger partial charge in [0.2, 0.25) is 0 Å². The molecule has 1 saturated heterocycles. The van der Waals surface area contributed by atoms with Crippen LogP contribution < -0.4 is 4.90 Å². The largest absolute Gasteiger partial charge is 0.417 e.